The van der Waals surface area contributed by atoms with E-state index < -0.39 is 34.4 Å². The van der Waals surface area contributed by atoms with Crippen molar-refractivity contribution in [3.8, 4) is 0 Å². The molecule has 96 valence electrons. The molecule has 0 amide bonds. The van der Waals surface area contributed by atoms with Crippen LogP contribution in [0.4, 0.5) is 0 Å². The quantitative estimate of drug-likeness (QED) is 0.501. The molecule has 0 bridgehead atoms. The molecule has 1 aliphatic rings. The zero-order chi connectivity index (χ0) is 14.4. The lowest BCUT2D eigenvalue weighted by Crippen LogP contribution is -2.24. The zero-order valence-corrected chi connectivity index (χ0v) is 9.94. The summed E-state index contributed by atoms with van der Waals surface area (Å²) in [7, 11) is 0. The molecule has 1 unspecified atom stereocenters. The Kier molecular flexibility index (Phi) is 4.73. The minimum atomic E-state index is -1.15. The van der Waals surface area contributed by atoms with Crippen LogP contribution in [0.25, 0.3) is 0 Å². The Balaban J connectivity index is 3.59. The molecule has 1 aliphatic heterocycles. The van der Waals surface area contributed by atoms with E-state index in [2.05, 4.69) is 0 Å². The van der Waals surface area contributed by atoms with Gasteiger partial charge in [0, 0.05) is 0 Å². The number of carbonyl (C=O) groups is 1. The molecule has 0 aromatic heterocycles. The molecule has 0 saturated carbocycles. The van der Waals surface area contributed by atoms with Gasteiger partial charge in [0.25, 0.3) is 0 Å². The summed E-state index contributed by atoms with van der Waals surface area (Å²) in [5.74, 6) is 3.69. The third kappa shape index (κ3) is 2.58. The van der Waals surface area contributed by atoms with Crippen LogP contribution in [0, 0.1) is 0 Å². The molecule has 0 aliphatic carbocycles. The molecule has 1 saturated heterocycles. The van der Waals surface area contributed by atoms with Gasteiger partial charge in [-0.15, -0.1) is 0 Å². The largest absolute Gasteiger partial charge is 0.471 e. The number of carbonyl (C=O) groups excluding carboxylic acids is 5. The lowest BCUT2D eigenvalue weighted by Gasteiger charge is -2.12. The maximum absolute atomic E-state index is 11.9. The van der Waals surface area contributed by atoms with Crippen LogP contribution in [-0.4, -0.2) is 35.7 Å². The van der Waals surface area contributed by atoms with Gasteiger partial charge in [0.1, 0.15) is 34.5 Å². The molecule has 1 rings (SSSR count). The van der Waals surface area contributed by atoms with Crippen LogP contribution in [0.15, 0.2) is 22.5 Å². The molecule has 19 heavy (non-hydrogen) atoms. The van der Waals surface area contributed by atoms with Crippen molar-refractivity contribution in [2.75, 3.05) is 0 Å². The Morgan fingerprint density at radius 1 is 0.947 bits per heavy atom. The predicted octanol–water partition coefficient (Wildman–Crippen LogP) is -0.256. The maximum Gasteiger partial charge on any atom is 0.224 e. The van der Waals surface area contributed by atoms with E-state index in [1.54, 1.807) is 6.92 Å². The molecular formula is C13H8O6. The van der Waals surface area contributed by atoms with Gasteiger partial charge in [-0.05, 0) is 6.42 Å². The van der Waals surface area contributed by atoms with Gasteiger partial charge in [-0.2, -0.15) is 0 Å². The molecule has 0 radical (unpaired) electrons. The van der Waals surface area contributed by atoms with Crippen molar-refractivity contribution in [2.45, 2.75) is 25.9 Å². The summed E-state index contributed by atoms with van der Waals surface area (Å²) in [6, 6.07) is 0. The van der Waals surface area contributed by atoms with Gasteiger partial charge in [0.2, 0.25) is 11.5 Å². The Morgan fingerprint density at radius 2 is 1.53 bits per heavy atom. The summed E-state index contributed by atoms with van der Waals surface area (Å²) < 4.78 is 5.03. The van der Waals surface area contributed by atoms with Crippen LogP contribution in [0.2, 0.25) is 0 Å². The highest BCUT2D eigenvalue weighted by molar-refractivity contribution is 6.14. The fourth-order valence-corrected chi connectivity index (χ4v) is 1.61. The molecule has 0 N–H and O–H groups in total. The number of Topliss-reactive ketones (excluding diaryl/α,β-unsaturated/α-hetero) is 1. The summed E-state index contributed by atoms with van der Waals surface area (Å²) in [6.07, 6.45) is -0.422. The topological polar surface area (TPSA) is 94.6 Å². The van der Waals surface area contributed by atoms with Crippen molar-refractivity contribution in [3.05, 3.63) is 22.5 Å². The van der Waals surface area contributed by atoms with Crippen LogP contribution >= 0.6 is 0 Å². The highest BCUT2D eigenvalue weighted by Gasteiger charge is 2.36. The molecule has 1 atom stereocenters. The van der Waals surface area contributed by atoms with Crippen LogP contribution in [0.5, 0.6) is 0 Å². The normalized spacial score (nSPS) is 18.8. The Labute approximate surface area is 107 Å². The van der Waals surface area contributed by atoms with Gasteiger partial charge in [-0.1, -0.05) is 13.3 Å². The third-order valence-corrected chi connectivity index (χ3v) is 2.48. The highest BCUT2D eigenvalue weighted by Crippen LogP contribution is 2.28. The number of ketones is 1. The van der Waals surface area contributed by atoms with Gasteiger partial charge in [0.05, 0.1) is 0 Å². The van der Waals surface area contributed by atoms with Gasteiger partial charge in [-0.25, -0.2) is 19.2 Å². The van der Waals surface area contributed by atoms with Crippen molar-refractivity contribution in [2.24, 2.45) is 0 Å². The number of allylic oxidation sites excluding steroid dienone is 1. The number of rotatable bonds is 2. The monoisotopic (exact) mass is 260 g/mol. The molecule has 0 aromatic carbocycles. The number of hydrogen-bond donors (Lipinski definition) is 0. The van der Waals surface area contributed by atoms with E-state index in [0.29, 0.717) is 6.42 Å². The summed E-state index contributed by atoms with van der Waals surface area (Å²) in [6.45, 7) is 1.75. The van der Waals surface area contributed by atoms with Crippen molar-refractivity contribution in [3.63, 3.8) is 0 Å². The second-order valence-corrected chi connectivity index (χ2v) is 3.62. The average Bonchev–Trinajstić information content (AvgIpc) is 2.54. The summed E-state index contributed by atoms with van der Waals surface area (Å²) >= 11 is 0. The van der Waals surface area contributed by atoms with E-state index in [-0.39, 0.29) is 6.42 Å². The Morgan fingerprint density at radius 3 is 1.95 bits per heavy atom. The van der Waals surface area contributed by atoms with E-state index in [1.165, 1.54) is 23.8 Å². The van der Waals surface area contributed by atoms with Crippen molar-refractivity contribution >= 4 is 29.5 Å². The fourth-order valence-electron chi connectivity index (χ4n) is 1.61. The molecule has 1 heterocycles. The van der Waals surface area contributed by atoms with Gasteiger partial charge < -0.3 is 4.74 Å². The maximum atomic E-state index is 11.9. The molecule has 6 nitrogen and oxygen atoms in total. The summed E-state index contributed by atoms with van der Waals surface area (Å²) in [4.78, 5) is 55.1. The second-order valence-electron chi connectivity index (χ2n) is 3.62. The first-order valence-electron chi connectivity index (χ1n) is 5.36. The van der Waals surface area contributed by atoms with E-state index >= 15 is 0 Å². The first-order chi connectivity index (χ1) is 9.14. The smallest absolute Gasteiger partial charge is 0.224 e. The minimum absolute atomic E-state index is 0.202. The summed E-state index contributed by atoms with van der Waals surface area (Å²) in [5.41, 5.74) is -1.99. The van der Waals surface area contributed by atoms with Gasteiger partial charge in [-0.3, -0.25) is 4.79 Å². The molecule has 1 fully saturated rings. The molecule has 6 heteroatoms. The van der Waals surface area contributed by atoms with Crippen LogP contribution in [0.1, 0.15) is 19.8 Å². The highest BCUT2D eigenvalue weighted by atomic mass is 16.5. The zero-order valence-electron chi connectivity index (χ0n) is 9.94. The lowest BCUT2D eigenvalue weighted by atomic mass is 9.95. The van der Waals surface area contributed by atoms with E-state index in [9.17, 15) is 24.0 Å². The van der Waals surface area contributed by atoms with Gasteiger partial charge >= 0.3 is 0 Å². The SMILES string of the molecule is CCCC1OC(=C=O)C(=C=O)C(=C=O)C(=C=O)C1=O. The fraction of sp³-hybridized carbons (Fsp3) is 0.308. The third-order valence-electron chi connectivity index (χ3n) is 2.48. The lowest BCUT2D eigenvalue weighted by molar-refractivity contribution is -0.123. The molecule has 0 aromatic rings. The number of hydrogen-bond acceptors (Lipinski definition) is 6. The van der Waals surface area contributed by atoms with Crippen LogP contribution in [0.3, 0.4) is 0 Å². The standard InChI is InChI=1S/C13H8O6/c1-2-3-11-13(18)10(6-16)8(4-14)9(5-15)12(7-17)19-11/h11H,2-3H2,1H3. The van der Waals surface area contributed by atoms with E-state index in [0.717, 1.165) is 0 Å². The summed E-state index contributed by atoms with van der Waals surface area (Å²) in [5, 5.41) is 0. The molecular weight excluding hydrogens is 252 g/mol. The van der Waals surface area contributed by atoms with Crippen molar-refractivity contribution < 1.29 is 28.7 Å². The second kappa shape index (κ2) is 6.27. The van der Waals surface area contributed by atoms with Crippen molar-refractivity contribution in [1.29, 1.82) is 0 Å². The number of ether oxygens (including phenoxy) is 1. The van der Waals surface area contributed by atoms with Crippen molar-refractivity contribution in [1.82, 2.24) is 0 Å². The molecule has 0 spiro atoms. The van der Waals surface area contributed by atoms with Crippen LogP contribution in [-0.2, 0) is 28.7 Å². The average molecular weight is 260 g/mol. The Hall–Kier alpha value is -2.73. The van der Waals surface area contributed by atoms with E-state index in [4.69, 9.17) is 4.74 Å². The first-order valence-corrected chi connectivity index (χ1v) is 5.36. The first kappa shape index (κ1) is 14.3. The van der Waals surface area contributed by atoms with Crippen LogP contribution < -0.4 is 0 Å². The van der Waals surface area contributed by atoms with E-state index in [1.807, 2.05) is 0 Å². The minimum Gasteiger partial charge on any atom is -0.471 e. The van der Waals surface area contributed by atoms with Gasteiger partial charge in [0.15, 0.2) is 12.0 Å². The predicted molar refractivity (Wildman–Crippen MR) is 61.6 cm³/mol. The Bertz CT molecular complexity index is 616.